The monoisotopic (exact) mass is 275 g/mol. The first-order valence-corrected chi connectivity index (χ1v) is 2.45. The fraction of sp³-hybridized carbons (Fsp3) is 0. The van der Waals surface area contributed by atoms with Gasteiger partial charge in [0.05, 0.1) is 0 Å². The third-order valence-electron chi connectivity index (χ3n) is 0. The van der Waals surface area contributed by atoms with Crippen molar-refractivity contribution >= 4 is 21.0 Å². The Morgan fingerprint density at radius 1 is 1.25 bits per heavy atom. The van der Waals surface area contributed by atoms with Crippen molar-refractivity contribution < 1.29 is 26.5 Å². The van der Waals surface area contributed by atoms with Crippen LogP contribution in [0.25, 0.3) is 0 Å². The average molecular weight is 275 g/mol. The summed E-state index contributed by atoms with van der Waals surface area (Å²) in [6, 6.07) is 0. The molecular formula is H6AuOSi2. The summed E-state index contributed by atoms with van der Waals surface area (Å²) < 4.78 is 4.53. The number of hydrogen-bond acceptors (Lipinski definition) is 1. The molecule has 0 spiro atoms. The van der Waals surface area contributed by atoms with Crippen molar-refractivity contribution in [3.8, 4) is 0 Å². The van der Waals surface area contributed by atoms with Gasteiger partial charge in [-0.05, 0) is 0 Å². The molecule has 31 valence electrons. The van der Waals surface area contributed by atoms with Crippen molar-refractivity contribution in [3.63, 3.8) is 0 Å². The Hall–Kier alpha value is 1.13. The quantitative estimate of drug-likeness (QED) is 0.446. The molecule has 0 saturated carbocycles. The number of rotatable bonds is 0. The summed E-state index contributed by atoms with van der Waals surface area (Å²) in [5.74, 6) is 0. The van der Waals surface area contributed by atoms with E-state index in [1.807, 2.05) is 0 Å². The zero-order valence-electron chi connectivity index (χ0n) is 2.71. The summed E-state index contributed by atoms with van der Waals surface area (Å²) >= 11 is 0. The minimum absolute atomic E-state index is 0. The molecule has 0 N–H and O–H groups in total. The van der Waals surface area contributed by atoms with Crippen LogP contribution in [-0.4, -0.2) is 21.0 Å². The van der Waals surface area contributed by atoms with E-state index >= 15 is 0 Å². The van der Waals surface area contributed by atoms with Crippen molar-refractivity contribution in [2.75, 3.05) is 0 Å². The van der Waals surface area contributed by atoms with E-state index in [2.05, 4.69) is 4.12 Å². The molecule has 0 rings (SSSR count). The van der Waals surface area contributed by atoms with Crippen molar-refractivity contribution in [2.45, 2.75) is 0 Å². The second-order valence-corrected chi connectivity index (χ2v) is 3.67. The molecule has 0 fully saturated rings. The Morgan fingerprint density at radius 3 is 1.25 bits per heavy atom. The van der Waals surface area contributed by atoms with E-state index in [4.69, 9.17) is 0 Å². The summed E-state index contributed by atoms with van der Waals surface area (Å²) in [6.07, 6.45) is 0. The predicted octanol–water partition coefficient (Wildman–Crippen LogP) is -2.44. The molecule has 0 amide bonds. The minimum Gasteiger partial charge on any atom is -0.471 e. The molecule has 0 unspecified atom stereocenters. The van der Waals surface area contributed by atoms with Crippen LogP contribution in [0.5, 0.6) is 0 Å². The molecule has 0 aromatic carbocycles. The second-order valence-electron chi connectivity index (χ2n) is 0.408. The number of hydrogen-bond donors (Lipinski definition) is 0. The summed E-state index contributed by atoms with van der Waals surface area (Å²) in [6.45, 7) is 0. The molecule has 0 atom stereocenters. The van der Waals surface area contributed by atoms with Gasteiger partial charge in [-0.15, -0.1) is 0 Å². The maximum atomic E-state index is 4.53. The zero-order chi connectivity index (χ0) is 2.71. The van der Waals surface area contributed by atoms with Gasteiger partial charge in [0.1, 0.15) is 21.0 Å². The molecule has 0 saturated heterocycles. The van der Waals surface area contributed by atoms with Gasteiger partial charge in [0, 0.05) is 22.4 Å². The summed E-state index contributed by atoms with van der Waals surface area (Å²) in [5, 5.41) is 0. The summed E-state index contributed by atoms with van der Waals surface area (Å²) in [5.41, 5.74) is 0. The van der Waals surface area contributed by atoms with E-state index < -0.39 is 0 Å². The van der Waals surface area contributed by atoms with E-state index in [0.29, 0.717) is 0 Å². The van der Waals surface area contributed by atoms with Gasteiger partial charge in [0.15, 0.2) is 0 Å². The fourth-order valence-corrected chi connectivity index (χ4v) is 0. The van der Waals surface area contributed by atoms with Gasteiger partial charge >= 0.3 is 0 Å². The van der Waals surface area contributed by atoms with Crippen LogP contribution in [0.3, 0.4) is 0 Å². The van der Waals surface area contributed by atoms with Gasteiger partial charge in [0.2, 0.25) is 0 Å². The maximum Gasteiger partial charge on any atom is 0.129 e. The standard InChI is InChI=1S/Au.H6OSi2/c;2-1-3/h;2-3H3. The predicted molar refractivity (Wildman–Crippen MR) is 21.0 cm³/mol. The average Bonchev–Trinajstić information content (AvgIpc) is 0.918. The third kappa shape index (κ3) is 11.1. The first kappa shape index (κ1) is 8.93. The van der Waals surface area contributed by atoms with Crippen molar-refractivity contribution in [2.24, 2.45) is 0 Å². The van der Waals surface area contributed by atoms with Crippen LogP contribution in [0, 0.1) is 0 Å². The van der Waals surface area contributed by atoms with Crippen LogP contribution in [0.1, 0.15) is 0 Å². The van der Waals surface area contributed by atoms with Gasteiger partial charge in [-0.3, -0.25) is 0 Å². The normalized spacial score (nSPS) is 6.00. The van der Waals surface area contributed by atoms with E-state index in [-0.39, 0.29) is 22.4 Å². The van der Waals surface area contributed by atoms with Crippen molar-refractivity contribution in [3.05, 3.63) is 0 Å². The fourth-order valence-electron chi connectivity index (χ4n) is 0. The Balaban J connectivity index is 0. The molecule has 0 aliphatic rings. The summed E-state index contributed by atoms with van der Waals surface area (Å²) in [4.78, 5) is 0. The summed E-state index contributed by atoms with van der Waals surface area (Å²) in [7, 11) is 1.86. The molecule has 0 aliphatic heterocycles. The Bertz CT molecular complexity index is 6.00. The topological polar surface area (TPSA) is 9.23 Å². The largest absolute Gasteiger partial charge is 0.471 e. The van der Waals surface area contributed by atoms with Gasteiger partial charge < -0.3 is 4.12 Å². The van der Waals surface area contributed by atoms with Gasteiger partial charge in [-0.25, -0.2) is 0 Å². The Morgan fingerprint density at radius 2 is 1.25 bits per heavy atom. The van der Waals surface area contributed by atoms with Gasteiger partial charge in [-0.2, -0.15) is 0 Å². The van der Waals surface area contributed by atoms with E-state index in [0.717, 1.165) is 21.0 Å². The van der Waals surface area contributed by atoms with Crippen LogP contribution in [0.15, 0.2) is 0 Å². The first-order valence-electron chi connectivity index (χ1n) is 0.816. The van der Waals surface area contributed by atoms with Gasteiger partial charge in [0.25, 0.3) is 0 Å². The molecular weight excluding hydrogens is 269 g/mol. The molecule has 1 radical (unpaired) electrons. The van der Waals surface area contributed by atoms with E-state index in [1.165, 1.54) is 0 Å². The molecule has 0 aliphatic carbocycles. The van der Waals surface area contributed by atoms with Crippen LogP contribution in [0.4, 0.5) is 0 Å². The molecule has 4 heteroatoms. The van der Waals surface area contributed by atoms with Crippen LogP contribution in [-0.2, 0) is 26.5 Å². The molecule has 1 nitrogen and oxygen atoms in total. The van der Waals surface area contributed by atoms with E-state index in [1.54, 1.807) is 0 Å². The smallest absolute Gasteiger partial charge is 0.129 e. The minimum atomic E-state index is 0. The second kappa shape index (κ2) is 8.92. The van der Waals surface area contributed by atoms with Crippen LogP contribution >= 0.6 is 0 Å². The Labute approximate surface area is 47.7 Å². The van der Waals surface area contributed by atoms with Crippen molar-refractivity contribution in [1.82, 2.24) is 0 Å². The van der Waals surface area contributed by atoms with E-state index in [9.17, 15) is 0 Å². The molecule has 0 heterocycles. The maximum absolute atomic E-state index is 4.53. The SMILES string of the molecule is [Au].[SiH3]O[SiH3]. The van der Waals surface area contributed by atoms with Crippen LogP contribution in [0.2, 0.25) is 0 Å². The molecule has 4 heavy (non-hydrogen) atoms. The first-order chi connectivity index (χ1) is 1.41. The van der Waals surface area contributed by atoms with Crippen molar-refractivity contribution in [1.29, 1.82) is 0 Å². The third-order valence-corrected chi connectivity index (χ3v) is 0. The molecule has 0 aromatic heterocycles. The van der Waals surface area contributed by atoms with Crippen LogP contribution < -0.4 is 0 Å². The zero-order valence-corrected chi connectivity index (χ0v) is 8.88. The Kier molecular flexibility index (Phi) is 19.9. The van der Waals surface area contributed by atoms with Gasteiger partial charge in [-0.1, -0.05) is 0 Å². The molecule has 0 aromatic rings. The molecule has 0 bridgehead atoms.